The topological polar surface area (TPSA) is 21.3 Å². The lowest BCUT2D eigenvalue weighted by atomic mass is 10.2. The van der Waals surface area contributed by atoms with Gasteiger partial charge in [0.25, 0.3) is 6.43 Å². The fraction of sp³-hybridized carbons (Fsp3) is 0.455. The monoisotopic (exact) mass is 249 g/mol. The zero-order chi connectivity index (χ0) is 11.8. The highest BCUT2D eigenvalue weighted by Gasteiger charge is 2.00. The zero-order valence-corrected chi connectivity index (χ0v) is 9.51. The molecule has 2 nitrogen and oxygen atoms in total. The molecule has 0 aliphatic heterocycles. The van der Waals surface area contributed by atoms with Crippen molar-refractivity contribution in [2.45, 2.75) is 13.0 Å². The molecule has 16 heavy (non-hydrogen) atoms. The third-order valence-electron chi connectivity index (χ3n) is 1.91. The van der Waals surface area contributed by atoms with Gasteiger partial charge in [-0.2, -0.15) is 0 Å². The average molecular weight is 250 g/mol. The second-order valence-electron chi connectivity index (χ2n) is 3.27. The molecule has 0 radical (unpaired) electrons. The molecule has 5 heteroatoms. The molecule has 90 valence electrons. The van der Waals surface area contributed by atoms with E-state index in [-0.39, 0.29) is 6.61 Å². The largest absolute Gasteiger partial charge is 0.374 e. The lowest BCUT2D eigenvalue weighted by Crippen LogP contribution is -2.20. The summed E-state index contributed by atoms with van der Waals surface area (Å²) in [4.78, 5) is 0. The first kappa shape index (κ1) is 13.4. The molecule has 1 rings (SSSR count). The fourth-order valence-corrected chi connectivity index (χ4v) is 1.28. The Morgan fingerprint density at radius 2 is 1.94 bits per heavy atom. The van der Waals surface area contributed by atoms with Crippen LogP contribution in [0.4, 0.5) is 8.78 Å². The van der Waals surface area contributed by atoms with Gasteiger partial charge in [0, 0.05) is 18.1 Å². The number of hydrogen-bond donors (Lipinski definition) is 1. The van der Waals surface area contributed by atoms with Crippen LogP contribution >= 0.6 is 11.6 Å². The summed E-state index contributed by atoms with van der Waals surface area (Å²) in [6, 6.07) is 7.45. The Morgan fingerprint density at radius 3 is 2.56 bits per heavy atom. The standard InChI is InChI=1S/C11H14ClF2NO/c12-10-3-1-9(2-4-10)7-15-5-6-16-8-11(13)14/h1-4,11,15H,5-8H2. The van der Waals surface area contributed by atoms with Crippen LogP contribution in [0.3, 0.4) is 0 Å². The molecule has 0 atom stereocenters. The summed E-state index contributed by atoms with van der Waals surface area (Å²) < 4.78 is 28.1. The Hall–Kier alpha value is -0.710. The number of ether oxygens (including phenoxy) is 1. The van der Waals surface area contributed by atoms with E-state index in [4.69, 9.17) is 16.3 Å². The van der Waals surface area contributed by atoms with Gasteiger partial charge in [-0.05, 0) is 17.7 Å². The quantitative estimate of drug-likeness (QED) is 0.751. The van der Waals surface area contributed by atoms with Crippen molar-refractivity contribution in [2.75, 3.05) is 19.8 Å². The van der Waals surface area contributed by atoms with Crippen LogP contribution in [-0.4, -0.2) is 26.2 Å². The van der Waals surface area contributed by atoms with Gasteiger partial charge in [0.2, 0.25) is 0 Å². The van der Waals surface area contributed by atoms with Gasteiger partial charge in [0.15, 0.2) is 0 Å². The van der Waals surface area contributed by atoms with Crippen LogP contribution in [0.25, 0.3) is 0 Å². The Bertz CT molecular complexity index is 293. The molecule has 0 heterocycles. The summed E-state index contributed by atoms with van der Waals surface area (Å²) in [6.45, 7) is 1.02. The zero-order valence-electron chi connectivity index (χ0n) is 8.76. The van der Waals surface area contributed by atoms with Crippen molar-refractivity contribution in [3.8, 4) is 0 Å². The van der Waals surface area contributed by atoms with Crippen molar-refractivity contribution in [3.05, 3.63) is 34.9 Å². The molecular formula is C11H14ClF2NO. The molecule has 0 unspecified atom stereocenters. The van der Waals surface area contributed by atoms with Gasteiger partial charge in [0.1, 0.15) is 6.61 Å². The molecule has 1 aromatic rings. The number of rotatable bonds is 7. The molecule has 0 aromatic heterocycles. The molecular weight excluding hydrogens is 236 g/mol. The van der Waals surface area contributed by atoms with E-state index in [1.54, 1.807) is 0 Å². The average Bonchev–Trinajstić information content (AvgIpc) is 2.25. The van der Waals surface area contributed by atoms with E-state index in [1.807, 2.05) is 24.3 Å². The third kappa shape index (κ3) is 6.00. The molecule has 0 saturated heterocycles. The third-order valence-corrected chi connectivity index (χ3v) is 2.16. The predicted octanol–water partition coefficient (Wildman–Crippen LogP) is 2.71. The minimum Gasteiger partial charge on any atom is -0.374 e. The SMILES string of the molecule is FC(F)COCCNCc1ccc(Cl)cc1. The second kappa shape index (κ2) is 7.54. The molecule has 0 bridgehead atoms. The Kier molecular flexibility index (Phi) is 6.30. The van der Waals surface area contributed by atoms with Crippen molar-refractivity contribution in [1.82, 2.24) is 5.32 Å². The Balaban J connectivity index is 2.05. The Labute approximate surface area is 98.6 Å². The fourth-order valence-electron chi connectivity index (χ4n) is 1.15. The van der Waals surface area contributed by atoms with Crippen molar-refractivity contribution in [2.24, 2.45) is 0 Å². The van der Waals surface area contributed by atoms with E-state index in [0.717, 1.165) is 5.56 Å². The normalized spacial score (nSPS) is 11.0. The van der Waals surface area contributed by atoms with Gasteiger partial charge in [-0.1, -0.05) is 23.7 Å². The summed E-state index contributed by atoms with van der Waals surface area (Å²) >= 11 is 5.73. The van der Waals surface area contributed by atoms with E-state index in [1.165, 1.54) is 0 Å². The number of nitrogens with one attached hydrogen (secondary N) is 1. The first-order chi connectivity index (χ1) is 7.68. The van der Waals surface area contributed by atoms with Crippen LogP contribution in [0.1, 0.15) is 5.56 Å². The van der Waals surface area contributed by atoms with Crippen LogP contribution in [0, 0.1) is 0 Å². The lowest BCUT2D eigenvalue weighted by Gasteiger charge is -2.06. The van der Waals surface area contributed by atoms with Gasteiger partial charge < -0.3 is 10.1 Å². The van der Waals surface area contributed by atoms with Gasteiger partial charge >= 0.3 is 0 Å². The summed E-state index contributed by atoms with van der Waals surface area (Å²) in [5, 5.41) is 3.78. The van der Waals surface area contributed by atoms with Crippen molar-refractivity contribution in [3.63, 3.8) is 0 Å². The predicted molar refractivity (Wildman–Crippen MR) is 60.0 cm³/mol. The molecule has 0 amide bonds. The first-order valence-electron chi connectivity index (χ1n) is 4.99. The number of alkyl halides is 2. The number of halogens is 3. The molecule has 0 aliphatic carbocycles. The maximum Gasteiger partial charge on any atom is 0.261 e. The molecule has 0 aliphatic rings. The van der Waals surface area contributed by atoms with Gasteiger partial charge in [-0.15, -0.1) is 0 Å². The highest BCUT2D eigenvalue weighted by atomic mass is 35.5. The minimum absolute atomic E-state index is 0.290. The van der Waals surface area contributed by atoms with Gasteiger partial charge in [0.05, 0.1) is 6.61 Å². The summed E-state index contributed by atoms with van der Waals surface area (Å²) in [7, 11) is 0. The van der Waals surface area contributed by atoms with Crippen molar-refractivity contribution in [1.29, 1.82) is 0 Å². The molecule has 0 fully saturated rings. The van der Waals surface area contributed by atoms with Crippen LogP contribution < -0.4 is 5.32 Å². The molecule has 0 spiro atoms. The summed E-state index contributed by atoms with van der Waals surface area (Å²) in [5.41, 5.74) is 1.10. The number of benzene rings is 1. The second-order valence-corrected chi connectivity index (χ2v) is 3.71. The van der Waals surface area contributed by atoms with Crippen molar-refractivity contribution >= 4 is 11.6 Å². The maximum atomic E-state index is 11.7. The van der Waals surface area contributed by atoms with Crippen molar-refractivity contribution < 1.29 is 13.5 Å². The maximum absolute atomic E-state index is 11.7. The number of hydrogen-bond acceptors (Lipinski definition) is 2. The lowest BCUT2D eigenvalue weighted by molar-refractivity contribution is 0.0187. The molecule has 1 aromatic carbocycles. The Morgan fingerprint density at radius 1 is 1.25 bits per heavy atom. The smallest absolute Gasteiger partial charge is 0.261 e. The highest BCUT2D eigenvalue weighted by Crippen LogP contribution is 2.08. The van der Waals surface area contributed by atoms with Gasteiger partial charge in [-0.25, -0.2) is 8.78 Å². The first-order valence-corrected chi connectivity index (χ1v) is 5.37. The molecule has 0 saturated carbocycles. The van der Waals surface area contributed by atoms with E-state index < -0.39 is 13.0 Å². The van der Waals surface area contributed by atoms with E-state index in [2.05, 4.69) is 5.32 Å². The van der Waals surface area contributed by atoms with Crippen LogP contribution in [0.2, 0.25) is 5.02 Å². The highest BCUT2D eigenvalue weighted by molar-refractivity contribution is 6.30. The summed E-state index contributed by atoms with van der Waals surface area (Å²) in [6.07, 6.45) is -2.39. The minimum atomic E-state index is -2.39. The van der Waals surface area contributed by atoms with Crippen LogP contribution in [0.5, 0.6) is 0 Å². The van der Waals surface area contributed by atoms with E-state index in [9.17, 15) is 8.78 Å². The van der Waals surface area contributed by atoms with Crippen LogP contribution in [0.15, 0.2) is 24.3 Å². The van der Waals surface area contributed by atoms with E-state index >= 15 is 0 Å². The molecule has 1 N–H and O–H groups in total. The van der Waals surface area contributed by atoms with Crippen LogP contribution in [-0.2, 0) is 11.3 Å². The summed E-state index contributed by atoms with van der Waals surface area (Å²) in [5.74, 6) is 0. The van der Waals surface area contributed by atoms with E-state index in [0.29, 0.717) is 18.1 Å². The van der Waals surface area contributed by atoms with Gasteiger partial charge in [-0.3, -0.25) is 0 Å².